The van der Waals surface area contributed by atoms with Gasteiger partial charge in [0.2, 0.25) is 0 Å². The molecule has 1 aromatic heterocycles. The summed E-state index contributed by atoms with van der Waals surface area (Å²) in [5.74, 6) is 0.274. The Balaban J connectivity index is 1.94. The first kappa shape index (κ1) is 14.8. The van der Waals surface area contributed by atoms with E-state index in [4.69, 9.17) is 0 Å². The summed E-state index contributed by atoms with van der Waals surface area (Å²) in [6.07, 6.45) is 0. The number of hydrogen-bond donors (Lipinski definition) is 1. The minimum absolute atomic E-state index is 0.0285. The topological polar surface area (TPSA) is 29.1 Å². The van der Waals surface area contributed by atoms with Crippen molar-refractivity contribution in [1.29, 1.82) is 0 Å². The van der Waals surface area contributed by atoms with Crippen LogP contribution < -0.4 is 5.32 Å². The summed E-state index contributed by atoms with van der Waals surface area (Å²) < 4.78 is 1.85. The fraction of sp³-hybridized carbons (Fsp3) is 0.214. The predicted octanol–water partition coefficient (Wildman–Crippen LogP) is 4.81. The van der Waals surface area contributed by atoms with Crippen molar-refractivity contribution in [2.45, 2.75) is 12.8 Å². The average Bonchev–Trinajstić information content (AvgIpc) is 2.77. The maximum atomic E-state index is 12.0. The van der Waals surface area contributed by atoms with Gasteiger partial charge in [0.15, 0.2) is 0 Å². The normalized spacial score (nSPS) is 12.2. The molecule has 2 aromatic rings. The second-order valence-corrected chi connectivity index (χ2v) is 7.48. The molecule has 19 heavy (non-hydrogen) atoms. The SMILES string of the molecule is CC(CNC(=O)c1cc(Br)c(Br)s1)c1ccccc1. The molecule has 0 spiro atoms. The monoisotopic (exact) mass is 401 g/mol. The largest absolute Gasteiger partial charge is 0.351 e. The number of carbonyl (C=O) groups is 1. The number of halogens is 2. The van der Waals surface area contributed by atoms with Crippen LogP contribution in [-0.2, 0) is 0 Å². The van der Waals surface area contributed by atoms with Crippen molar-refractivity contribution in [3.63, 3.8) is 0 Å². The first-order valence-corrected chi connectivity index (χ1v) is 8.26. The van der Waals surface area contributed by atoms with Crippen molar-refractivity contribution >= 4 is 49.1 Å². The van der Waals surface area contributed by atoms with Crippen LogP contribution in [0.4, 0.5) is 0 Å². The highest BCUT2D eigenvalue weighted by atomic mass is 79.9. The molecule has 1 unspecified atom stereocenters. The molecule has 0 saturated carbocycles. The molecule has 1 atom stereocenters. The Kier molecular flexibility index (Phi) is 5.19. The van der Waals surface area contributed by atoms with Crippen LogP contribution in [0.25, 0.3) is 0 Å². The standard InChI is InChI=1S/C14H13Br2NOS/c1-9(10-5-3-2-4-6-10)8-17-14(18)12-7-11(15)13(16)19-12/h2-7,9H,8H2,1H3,(H,17,18). The molecule has 1 heterocycles. The van der Waals surface area contributed by atoms with Crippen LogP contribution in [0.1, 0.15) is 28.1 Å². The van der Waals surface area contributed by atoms with Crippen molar-refractivity contribution in [2.75, 3.05) is 6.54 Å². The van der Waals surface area contributed by atoms with Gasteiger partial charge >= 0.3 is 0 Å². The lowest BCUT2D eigenvalue weighted by Crippen LogP contribution is -2.26. The third-order valence-corrected chi connectivity index (χ3v) is 6.06. The van der Waals surface area contributed by atoms with Gasteiger partial charge in [-0.2, -0.15) is 0 Å². The fourth-order valence-corrected chi connectivity index (χ4v) is 3.64. The van der Waals surface area contributed by atoms with Crippen LogP contribution >= 0.6 is 43.2 Å². The van der Waals surface area contributed by atoms with Gasteiger partial charge in [-0.3, -0.25) is 4.79 Å². The first-order chi connectivity index (χ1) is 9.08. The Morgan fingerprint density at radius 1 is 1.32 bits per heavy atom. The Morgan fingerprint density at radius 3 is 2.58 bits per heavy atom. The summed E-state index contributed by atoms with van der Waals surface area (Å²) >= 11 is 8.21. The van der Waals surface area contributed by atoms with E-state index in [0.717, 1.165) is 8.26 Å². The van der Waals surface area contributed by atoms with E-state index < -0.39 is 0 Å². The summed E-state index contributed by atoms with van der Waals surface area (Å²) in [6, 6.07) is 12.0. The second kappa shape index (κ2) is 6.68. The van der Waals surface area contributed by atoms with E-state index >= 15 is 0 Å². The summed E-state index contributed by atoms with van der Waals surface area (Å²) in [7, 11) is 0. The van der Waals surface area contributed by atoms with Crippen LogP contribution in [0.3, 0.4) is 0 Å². The number of carbonyl (C=O) groups excluding carboxylic acids is 1. The number of thiophene rings is 1. The lowest BCUT2D eigenvalue weighted by atomic mass is 10.0. The fourth-order valence-electron chi connectivity index (χ4n) is 1.69. The second-order valence-electron chi connectivity index (χ2n) is 4.25. The quantitative estimate of drug-likeness (QED) is 0.781. The first-order valence-electron chi connectivity index (χ1n) is 5.86. The van der Waals surface area contributed by atoms with Gasteiger partial charge in [0, 0.05) is 11.0 Å². The summed E-state index contributed by atoms with van der Waals surface area (Å²) in [5.41, 5.74) is 1.23. The average molecular weight is 403 g/mol. The molecule has 2 nitrogen and oxygen atoms in total. The number of amides is 1. The van der Waals surface area contributed by atoms with E-state index in [-0.39, 0.29) is 5.91 Å². The summed E-state index contributed by atoms with van der Waals surface area (Å²) in [5, 5.41) is 2.97. The highest BCUT2D eigenvalue weighted by molar-refractivity contribution is 9.13. The lowest BCUT2D eigenvalue weighted by Gasteiger charge is -2.12. The van der Waals surface area contributed by atoms with Crippen LogP contribution in [0.15, 0.2) is 44.7 Å². The van der Waals surface area contributed by atoms with Gasteiger partial charge in [-0.1, -0.05) is 37.3 Å². The highest BCUT2D eigenvalue weighted by Gasteiger charge is 2.13. The number of rotatable bonds is 4. The zero-order valence-corrected chi connectivity index (χ0v) is 14.3. The molecule has 0 aliphatic rings. The van der Waals surface area contributed by atoms with Crippen LogP contribution in [0.2, 0.25) is 0 Å². The molecule has 0 radical (unpaired) electrons. The minimum atomic E-state index is -0.0285. The van der Waals surface area contributed by atoms with Crippen molar-refractivity contribution in [2.24, 2.45) is 0 Å². The van der Waals surface area contributed by atoms with E-state index in [1.807, 2.05) is 24.3 Å². The van der Waals surface area contributed by atoms with Crippen molar-refractivity contribution < 1.29 is 4.79 Å². The zero-order chi connectivity index (χ0) is 13.8. The van der Waals surface area contributed by atoms with E-state index in [2.05, 4.69) is 56.2 Å². The third-order valence-electron chi connectivity index (χ3n) is 2.81. The molecule has 1 amide bonds. The third kappa shape index (κ3) is 3.91. The molecule has 0 aliphatic heterocycles. The van der Waals surface area contributed by atoms with E-state index in [1.54, 1.807) is 0 Å². The molecule has 0 saturated heterocycles. The summed E-state index contributed by atoms with van der Waals surface area (Å²) in [6.45, 7) is 2.74. The number of nitrogens with one attached hydrogen (secondary N) is 1. The van der Waals surface area contributed by atoms with E-state index in [1.165, 1.54) is 16.9 Å². The Labute approximate surface area is 133 Å². The van der Waals surface area contributed by atoms with E-state index in [0.29, 0.717) is 17.3 Å². The Morgan fingerprint density at radius 2 is 2.00 bits per heavy atom. The zero-order valence-electron chi connectivity index (χ0n) is 10.3. The van der Waals surface area contributed by atoms with Crippen LogP contribution in [-0.4, -0.2) is 12.5 Å². The van der Waals surface area contributed by atoms with Crippen molar-refractivity contribution in [3.8, 4) is 0 Å². The highest BCUT2D eigenvalue weighted by Crippen LogP contribution is 2.32. The van der Waals surface area contributed by atoms with Gasteiger partial charge in [0.1, 0.15) is 0 Å². The van der Waals surface area contributed by atoms with Gasteiger partial charge in [-0.05, 0) is 49.4 Å². The van der Waals surface area contributed by atoms with Gasteiger partial charge < -0.3 is 5.32 Å². The lowest BCUT2D eigenvalue weighted by molar-refractivity contribution is 0.0955. The molecular weight excluding hydrogens is 390 g/mol. The molecule has 1 N–H and O–H groups in total. The molecule has 0 fully saturated rings. The molecule has 2 rings (SSSR count). The number of benzene rings is 1. The van der Waals surface area contributed by atoms with Gasteiger partial charge in [0.25, 0.3) is 5.91 Å². The molecule has 1 aromatic carbocycles. The molecule has 0 aliphatic carbocycles. The molecular formula is C14H13Br2NOS. The molecule has 100 valence electrons. The summed E-state index contributed by atoms with van der Waals surface area (Å²) in [4.78, 5) is 12.7. The van der Waals surface area contributed by atoms with E-state index in [9.17, 15) is 4.79 Å². The van der Waals surface area contributed by atoms with Gasteiger partial charge in [-0.25, -0.2) is 0 Å². The predicted molar refractivity (Wildman–Crippen MR) is 86.9 cm³/mol. The smallest absolute Gasteiger partial charge is 0.261 e. The maximum absolute atomic E-state index is 12.0. The minimum Gasteiger partial charge on any atom is -0.351 e. The van der Waals surface area contributed by atoms with Crippen molar-refractivity contribution in [1.82, 2.24) is 5.32 Å². The molecule has 5 heteroatoms. The maximum Gasteiger partial charge on any atom is 0.261 e. The van der Waals surface area contributed by atoms with Gasteiger partial charge in [-0.15, -0.1) is 11.3 Å². The molecule has 0 bridgehead atoms. The Hall–Kier alpha value is -0.650. The van der Waals surface area contributed by atoms with Crippen LogP contribution in [0.5, 0.6) is 0 Å². The van der Waals surface area contributed by atoms with Crippen LogP contribution in [0, 0.1) is 0 Å². The Bertz CT molecular complexity index is 549. The number of hydrogen-bond acceptors (Lipinski definition) is 2. The van der Waals surface area contributed by atoms with Gasteiger partial charge in [0.05, 0.1) is 8.66 Å². The van der Waals surface area contributed by atoms with Crippen molar-refractivity contribution in [3.05, 3.63) is 55.1 Å².